The molecule has 0 radical (unpaired) electrons. The Labute approximate surface area is 252 Å². The van der Waals surface area contributed by atoms with Crippen molar-refractivity contribution in [2.24, 2.45) is 0 Å². The molecule has 0 spiro atoms. The number of benzene rings is 5. The second-order valence-electron chi connectivity index (χ2n) is 9.58. The van der Waals surface area contributed by atoms with Crippen LogP contribution in [-0.4, -0.2) is 4.98 Å². The number of hydrogen-bond acceptors (Lipinski definition) is 7. The van der Waals surface area contributed by atoms with Crippen LogP contribution in [0.5, 0.6) is 0 Å². The first-order valence-electron chi connectivity index (χ1n) is 13.3. The molecule has 0 saturated heterocycles. The van der Waals surface area contributed by atoms with Crippen LogP contribution in [0.4, 0.5) is 11.6 Å². The van der Waals surface area contributed by atoms with E-state index in [1.165, 1.54) is 21.5 Å². The largest absolute Gasteiger partial charge is 0.416 e. The van der Waals surface area contributed by atoms with Crippen LogP contribution >= 0.6 is 7.26 Å². The number of para-hydroxylation sites is 1. The van der Waals surface area contributed by atoms with Crippen LogP contribution in [0.2, 0.25) is 0 Å². The SMILES string of the molecule is Cc1ccc(-c2nc([P+](c3ccccc3)(c3ccccc3)c3ccccc3)c(Nc3ccccc3)o2)cc1.[O-][Cl+3]([O-])([O-])[O-]. The molecule has 0 aliphatic heterocycles. The van der Waals surface area contributed by atoms with E-state index in [2.05, 4.69) is 128 Å². The van der Waals surface area contributed by atoms with Crippen molar-refractivity contribution in [1.82, 2.24) is 4.98 Å². The topological polar surface area (TPSA) is 130 Å². The smallest absolute Gasteiger partial charge is 0.263 e. The van der Waals surface area contributed by atoms with E-state index < -0.39 is 17.5 Å². The highest BCUT2D eigenvalue weighted by atomic mass is 35.7. The van der Waals surface area contributed by atoms with E-state index in [1.807, 2.05) is 30.3 Å². The van der Waals surface area contributed by atoms with Crippen LogP contribution in [-0.2, 0) is 0 Å². The molecular weight excluding hydrogens is 583 g/mol. The molecule has 1 N–H and O–H groups in total. The van der Waals surface area contributed by atoms with Crippen molar-refractivity contribution in [3.8, 4) is 11.5 Å². The molecule has 1 aromatic heterocycles. The van der Waals surface area contributed by atoms with Crippen molar-refractivity contribution < 1.29 is 33.3 Å². The molecule has 0 fully saturated rings. The van der Waals surface area contributed by atoms with Crippen molar-refractivity contribution in [2.75, 3.05) is 5.32 Å². The van der Waals surface area contributed by atoms with Crippen LogP contribution in [0.15, 0.2) is 150 Å². The fourth-order valence-corrected chi connectivity index (χ4v) is 9.00. The maximum atomic E-state index is 8.49. The first-order chi connectivity index (χ1) is 20.7. The van der Waals surface area contributed by atoms with Gasteiger partial charge in [-0.05, 0) is 67.6 Å². The fourth-order valence-electron chi connectivity index (χ4n) is 4.86. The molecule has 6 aromatic rings. The van der Waals surface area contributed by atoms with Gasteiger partial charge in [-0.3, -0.25) is 0 Å². The van der Waals surface area contributed by atoms with Gasteiger partial charge in [0.2, 0.25) is 5.89 Å². The van der Waals surface area contributed by atoms with Gasteiger partial charge in [0, 0.05) is 11.3 Å². The van der Waals surface area contributed by atoms with Crippen molar-refractivity contribution >= 4 is 40.2 Å². The molecule has 0 bridgehead atoms. The summed E-state index contributed by atoms with van der Waals surface area (Å²) in [7, 11) is -7.40. The standard InChI is InChI=1S/C34H28N2OP.ClHO4/c1-26-22-24-27(25-23-26)32-36-34(33(37-32)35-28-14-6-2-7-15-28)38(29-16-8-3-9-17-29,30-18-10-4-11-19-30)31-20-12-5-13-21-31;2-1(3,4)5/h2-25,35H,1H3;(H,2,3,4,5)/q+1;/p-1. The van der Waals surface area contributed by atoms with Gasteiger partial charge < -0.3 is 9.73 Å². The average molecular weight is 611 g/mol. The summed E-state index contributed by atoms with van der Waals surface area (Å²) >= 11 is 0. The Kier molecular flexibility index (Phi) is 9.34. The van der Waals surface area contributed by atoms with Gasteiger partial charge in [-0.25, -0.2) is 18.6 Å². The van der Waals surface area contributed by atoms with Crippen molar-refractivity contribution in [3.05, 3.63) is 151 Å². The monoisotopic (exact) mass is 610 g/mol. The van der Waals surface area contributed by atoms with E-state index in [0.717, 1.165) is 16.7 Å². The van der Waals surface area contributed by atoms with Crippen molar-refractivity contribution in [1.29, 1.82) is 0 Å². The number of rotatable bonds is 7. The Morgan fingerprint density at radius 1 is 0.581 bits per heavy atom. The molecule has 9 heteroatoms. The third-order valence-electron chi connectivity index (χ3n) is 6.69. The lowest BCUT2D eigenvalue weighted by Gasteiger charge is -2.25. The quantitative estimate of drug-likeness (QED) is 0.274. The number of oxazole rings is 1. The first-order valence-corrected chi connectivity index (χ1v) is 16.4. The number of nitrogens with one attached hydrogen (secondary N) is 1. The van der Waals surface area contributed by atoms with Crippen LogP contribution < -0.4 is 45.3 Å². The van der Waals surface area contributed by atoms with E-state index in [9.17, 15) is 0 Å². The van der Waals surface area contributed by atoms with Crippen molar-refractivity contribution in [2.45, 2.75) is 6.92 Å². The van der Waals surface area contributed by atoms with Gasteiger partial charge >= 0.3 is 0 Å². The molecule has 43 heavy (non-hydrogen) atoms. The van der Waals surface area contributed by atoms with E-state index in [0.29, 0.717) is 11.8 Å². The number of nitrogens with zero attached hydrogens (tertiary/aromatic N) is 1. The van der Waals surface area contributed by atoms with Crippen molar-refractivity contribution in [3.63, 3.8) is 0 Å². The minimum atomic E-state index is -4.94. The molecule has 0 amide bonds. The molecule has 0 aliphatic rings. The Balaban J connectivity index is 0.000000682. The molecule has 0 aliphatic carbocycles. The molecule has 6 rings (SSSR count). The predicted octanol–water partition coefficient (Wildman–Crippen LogP) is 2.26. The Morgan fingerprint density at radius 2 is 0.977 bits per heavy atom. The van der Waals surface area contributed by atoms with E-state index >= 15 is 0 Å². The second-order valence-corrected chi connectivity index (χ2v) is 13.7. The molecule has 1 heterocycles. The summed E-state index contributed by atoms with van der Waals surface area (Å²) in [6, 6.07) is 50.7. The normalized spacial score (nSPS) is 11.4. The summed E-state index contributed by atoms with van der Waals surface area (Å²) in [4.78, 5) is 5.33. The molecule has 0 saturated carbocycles. The molecule has 0 atom stereocenters. The molecule has 0 unspecified atom stereocenters. The molecule has 216 valence electrons. The minimum absolute atomic E-state index is 0.602. The van der Waals surface area contributed by atoms with Gasteiger partial charge in [0.05, 0.1) is 0 Å². The first kappa shape index (κ1) is 30.1. The highest BCUT2D eigenvalue weighted by molar-refractivity contribution is 8.01. The van der Waals surface area contributed by atoms with Crippen LogP contribution in [0.1, 0.15) is 5.56 Å². The summed E-state index contributed by atoms with van der Waals surface area (Å²) in [5.74, 6) is 1.27. The van der Waals surface area contributed by atoms with Crippen LogP contribution in [0.25, 0.3) is 11.5 Å². The average Bonchev–Trinajstić information content (AvgIpc) is 3.43. The lowest BCUT2D eigenvalue weighted by Crippen LogP contribution is -2.68. The van der Waals surface area contributed by atoms with E-state index in [4.69, 9.17) is 28.0 Å². The zero-order chi connectivity index (χ0) is 30.3. The fraction of sp³-hybridized carbons (Fsp3) is 0.0294. The second kappa shape index (κ2) is 13.3. The lowest BCUT2D eigenvalue weighted by atomic mass is 10.1. The number of anilines is 2. The maximum absolute atomic E-state index is 8.49. The summed E-state index contributed by atoms with van der Waals surface area (Å²) in [5, 5.41) is 7.25. The third-order valence-corrected chi connectivity index (χ3v) is 10.8. The molecule has 5 aromatic carbocycles. The summed E-state index contributed by atoms with van der Waals surface area (Å²) in [6.07, 6.45) is 0. The third kappa shape index (κ3) is 7.19. The maximum Gasteiger partial charge on any atom is 0.263 e. The lowest BCUT2D eigenvalue weighted by molar-refractivity contribution is -2.00. The Morgan fingerprint density at radius 3 is 1.40 bits per heavy atom. The zero-order valence-electron chi connectivity index (χ0n) is 23.2. The minimum Gasteiger partial charge on any atom is -0.416 e. The van der Waals surface area contributed by atoms with Gasteiger partial charge in [0.25, 0.3) is 11.3 Å². The molecule has 7 nitrogen and oxygen atoms in total. The number of halogens is 1. The van der Waals surface area contributed by atoms with Gasteiger partial charge in [-0.2, -0.15) is 4.98 Å². The van der Waals surface area contributed by atoms with Gasteiger partial charge in [0.15, 0.2) is 7.26 Å². The van der Waals surface area contributed by atoms with Gasteiger partial charge in [-0.15, -0.1) is 10.2 Å². The molecular formula is C34H28ClN2O5P. The summed E-state index contributed by atoms with van der Waals surface area (Å²) < 4.78 is 40.6. The highest BCUT2D eigenvalue weighted by Crippen LogP contribution is 2.56. The Hall–Kier alpha value is -4.33. The van der Waals surface area contributed by atoms with Crippen LogP contribution in [0.3, 0.4) is 0 Å². The van der Waals surface area contributed by atoms with Gasteiger partial charge in [0.1, 0.15) is 15.9 Å². The highest BCUT2D eigenvalue weighted by Gasteiger charge is 2.53. The predicted molar refractivity (Wildman–Crippen MR) is 161 cm³/mol. The summed E-state index contributed by atoms with van der Waals surface area (Å²) in [6.45, 7) is 2.09. The van der Waals surface area contributed by atoms with E-state index in [-0.39, 0.29) is 0 Å². The Bertz CT molecular complexity index is 1630. The number of hydrogen-bond donors (Lipinski definition) is 1. The zero-order valence-corrected chi connectivity index (χ0v) is 24.8. The van der Waals surface area contributed by atoms with E-state index in [1.54, 1.807) is 0 Å². The number of aryl methyl sites for hydroxylation is 1. The number of aromatic nitrogens is 1. The van der Waals surface area contributed by atoms with Gasteiger partial charge in [-0.1, -0.05) is 90.5 Å². The van der Waals surface area contributed by atoms with Crippen LogP contribution in [0, 0.1) is 17.2 Å². The summed E-state index contributed by atoms with van der Waals surface area (Å²) in [5.41, 5.74) is 4.02.